The van der Waals surface area contributed by atoms with Crippen LogP contribution in [0.3, 0.4) is 0 Å². The lowest BCUT2D eigenvalue weighted by Crippen LogP contribution is -2.34. The second-order valence-electron chi connectivity index (χ2n) is 3.60. The molecule has 2 nitrogen and oxygen atoms in total. The monoisotopic (exact) mass is 227 g/mol. The van der Waals surface area contributed by atoms with Crippen molar-refractivity contribution in [3.8, 4) is 0 Å². The van der Waals surface area contributed by atoms with Crippen LogP contribution in [0, 0.1) is 5.82 Å². The number of carbonyl (C=O) groups is 1. The Balaban J connectivity index is 2.22. The first-order valence-electron chi connectivity index (χ1n) is 4.89. The minimum Gasteiger partial charge on any atom is -0.368 e. The van der Waals surface area contributed by atoms with E-state index in [0.717, 1.165) is 0 Å². The number of piperidine rings is 1. The van der Waals surface area contributed by atoms with Gasteiger partial charge in [-0.15, -0.1) is 0 Å². The van der Waals surface area contributed by atoms with Crippen molar-refractivity contribution in [2.75, 3.05) is 18.0 Å². The molecular formula is C11H11ClFNO. The minimum absolute atomic E-state index is 0.129. The van der Waals surface area contributed by atoms with Crippen LogP contribution in [0.15, 0.2) is 18.2 Å². The predicted molar refractivity (Wildman–Crippen MR) is 57.9 cm³/mol. The molecular weight excluding hydrogens is 217 g/mol. The molecule has 1 aromatic carbocycles. The minimum atomic E-state index is -0.395. The highest BCUT2D eigenvalue weighted by Gasteiger charge is 2.19. The molecule has 4 heteroatoms. The lowest BCUT2D eigenvalue weighted by atomic mass is 10.1. The summed E-state index contributed by atoms with van der Waals surface area (Å²) in [4.78, 5) is 12.9. The van der Waals surface area contributed by atoms with Crippen molar-refractivity contribution in [3.05, 3.63) is 29.0 Å². The summed E-state index contributed by atoms with van der Waals surface area (Å²) in [6.45, 7) is 1.16. The van der Waals surface area contributed by atoms with E-state index in [9.17, 15) is 9.18 Å². The molecule has 0 aliphatic carbocycles. The topological polar surface area (TPSA) is 20.3 Å². The zero-order valence-electron chi connectivity index (χ0n) is 8.17. The number of hydrogen-bond acceptors (Lipinski definition) is 2. The molecule has 1 heterocycles. The van der Waals surface area contributed by atoms with Gasteiger partial charge in [-0.2, -0.15) is 0 Å². The zero-order chi connectivity index (χ0) is 10.8. The van der Waals surface area contributed by atoms with E-state index in [1.54, 1.807) is 12.1 Å². The second-order valence-corrected chi connectivity index (χ2v) is 4.01. The Hall–Kier alpha value is -1.09. The number of benzene rings is 1. The van der Waals surface area contributed by atoms with E-state index < -0.39 is 5.82 Å². The number of anilines is 1. The molecule has 2 rings (SSSR count). The van der Waals surface area contributed by atoms with Gasteiger partial charge < -0.3 is 4.90 Å². The van der Waals surface area contributed by atoms with Crippen molar-refractivity contribution in [3.63, 3.8) is 0 Å². The third-order valence-electron chi connectivity index (χ3n) is 2.59. The molecule has 0 amide bonds. The summed E-state index contributed by atoms with van der Waals surface area (Å²) in [5.41, 5.74) is 0.495. The van der Waals surface area contributed by atoms with Gasteiger partial charge in [-0.3, -0.25) is 4.79 Å². The summed E-state index contributed by atoms with van der Waals surface area (Å²) < 4.78 is 13.6. The molecule has 0 N–H and O–H groups in total. The molecule has 0 radical (unpaired) electrons. The van der Waals surface area contributed by atoms with Crippen LogP contribution in [-0.4, -0.2) is 18.9 Å². The van der Waals surface area contributed by atoms with Crippen LogP contribution in [0.5, 0.6) is 0 Å². The van der Waals surface area contributed by atoms with Gasteiger partial charge in [0.1, 0.15) is 5.78 Å². The third kappa shape index (κ3) is 2.12. The van der Waals surface area contributed by atoms with Gasteiger partial charge in [0.2, 0.25) is 0 Å². The first-order chi connectivity index (χ1) is 7.18. The first kappa shape index (κ1) is 10.4. The van der Waals surface area contributed by atoms with Crippen molar-refractivity contribution >= 4 is 23.1 Å². The van der Waals surface area contributed by atoms with Gasteiger partial charge in [0.05, 0.1) is 10.7 Å². The second kappa shape index (κ2) is 4.19. The third-order valence-corrected chi connectivity index (χ3v) is 2.88. The van der Waals surface area contributed by atoms with Crippen LogP contribution in [-0.2, 0) is 4.79 Å². The maximum Gasteiger partial charge on any atom is 0.165 e. The molecule has 1 saturated heterocycles. The SMILES string of the molecule is O=C1CCN(c2cccc(Cl)c2F)CC1. The molecule has 1 fully saturated rings. The standard InChI is InChI=1S/C11H11ClFNO/c12-9-2-1-3-10(11(9)13)14-6-4-8(15)5-7-14/h1-3H,4-7H2. The summed E-state index contributed by atoms with van der Waals surface area (Å²) in [6, 6.07) is 4.93. The summed E-state index contributed by atoms with van der Waals surface area (Å²) in [7, 11) is 0. The molecule has 0 unspecified atom stereocenters. The summed E-state index contributed by atoms with van der Waals surface area (Å²) in [5.74, 6) is -0.151. The van der Waals surface area contributed by atoms with Crippen LogP contribution >= 0.6 is 11.6 Å². The van der Waals surface area contributed by atoms with Gasteiger partial charge in [0.25, 0.3) is 0 Å². The van der Waals surface area contributed by atoms with Gasteiger partial charge in [-0.25, -0.2) is 4.39 Å². The fraction of sp³-hybridized carbons (Fsp3) is 0.364. The molecule has 0 spiro atoms. The van der Waals surface area contributed by atoms with Crippen LogP contribution in [0.4, 0.5) is 10.1 Å². The molecule has 15 heavy (non-hydrogen) atoms. The van der Waals surface area contributed by atoms with E-state index in [-0.39, 0.29) is 10.8 Å². The largest absolute Gasteiger partial charge is 0.368 e. The number of ketones is 1. The maximum atomic E-state index is 13.6. The van der Waals surface area contributed by atoms with Gasteiger partial charge in [-0.05, 0) is 12.1 Å². The Morgan fingerprint density at radius 3 is 2.60 bits per heavy atom. The fourth-order valence-corrected chi connectivity index (χ4v) is 1.90. The van der Waals surface area contributed by atoms with Crippen molar-refractivity contribution in [2.24, 2.45) is 0 Å². The number of nitrogens with zero attached hydrogens (tertiary/aromatic N) is 1. The molecule has 0 aromatic heterocycles. The average Bonchev–Trinajstić information content (AvgIpc) is 2.24. The van der Waals surface area contributed by atoms with E-state index >= 15 is 0 Å². The highest BCUT2D eigenvalue weighted by molar-refractivity contribution is 6.31. The lowest BCUT2D eigenvalue weighted by molar-refractivity contribution is -0.119. The lowest BCUT2D eigenvalue weighted by Gasteiger charge is -2.28. The van der Waals surface area contributed by atoms with Crippen molar-refractivity contribution in [1.82, 2.24) is 0 Å². The van der Waals surface area contributed by atoms with Gasteiger partial charge in [0.15, 0.2) is 5.82 Å². The molecule has 80 valence electrons. The summed E-state index contributed by atoms with van der Waals surface area (Å²) >= 11 is 5.69. The Kier molecular flexibility index (Phi) is 2.91. The van der Waals surface area contributed by atoms with E-state index in [4.69, 9.17) is 11.6 Å². The number of halogens is 2. The van der Waals surface area contributed by atoms with Crippen LogP contribution < -0.4 is 4.90 Å². The Bertz CT molecular complexity index is 384. The van der Waals surface area contributed by atoms with Crippen molar-refractivity contribution in [2.45, 2.75) is 12.8 Å². The molecule has 1 aliphatic rings. The smallest absolute Gasteiger partial charge is 0.165 e. The van der Waals surface area contributed by atoms with E-state index in [1.807, 2.05) is 4.90 Å². The molecule has 0 saturated carbocycles. The normalized spacial score (nSPS) is 16.9. The van der Waals surface area contributed by atoms with Crippen molar-refractivity contribution in [1.29, 1.82) is 0 Å². The molecule has 0 bridgehead atoms. The Morgan fingerprint density at radius 2 is 1.93 bits per heavy atom. The van der Waals surface area contributed by atoms with Crippen LogP contribution in [0.25, 0.3) is 0 Å². The van der Waals surface area contributed by atoms with E-state index in [0.29, 0.717) is 31.6 Å². The molecule has 0 atom stereocenters. The van der Waals surface area contributed by atoms with Crippen molar-refractivity contribution < 1.29 is 9.18 Å². The van der Waals surface area contributed by atoms with Crippen LogP contribution in [0.1, 0.15) is 12.8 Å². The fourth-order valence-electron chi connectivity index (χ4n) is 1.73. The zero-order valence-corrected chi connectivity index (χ0v) is 8.93. The predicted octanol–water partition coefficient (Wildman–Crippen LogP) is 2.65. The van der Waals surface area contributed by atoms with Crippen LogP contribution in [0.2, 0.25) is 5.02 Å². The Morgan fingerprint density at radius 1 is 1.27 bits per heavy atom. The summed E-state index contributed by atoms with van der Waals surface area (Å²) in [6.07, 6.45) is 0.984. The van der Waals surface area contributed by atoms with Gasteiger partial charge in [0, 0.05) is 25.9 Å². The summed E-state index contributed by atoms with van der Waals surface area (Å²) in [5, 5.41) is 0.129. The van der Waals surface area contributed by atoms with E-state index in [2.05, 4.69) is 0 Å². The highest BCUT2D eigenvalue weighted by Crippen LogP contribution is 2.27. The van der Waals surface area contributed by atoms with E-state index in [1.165, 1.54) is 6.07 Å². The first-order valence-corrected chi connectivity index (χ1v) is 5.27. The quantitative estimate of drug-likeness (QED) is 0.735. The highest BCUT2D eigenvalue weighted by atomic mass is 35.5. The average molecular weight is 228 g/mol. The molecule has 1 aliphatic heterocycles. The maximum absolute atomic E-state index is 13.6. The number of carbonyl (C=O) groups excluding carboxylic acids is 1. The molecule has 1 aromatic rings. The van der Waals surface area contributed by atoms with Gasteiger partial charge in [-0.1, -0.05) is 17.7 Å². The number of Topliss-reactive ketones (excluding diaryl/α,β-unsaturated/α-hetero) is 1. The number of hydrogen-bond donors (Lipinski definition) is 0. The Labute approximate surface area is 92.6 Å². The van der Waals surface area contributed by atoms with Gasteiger partial charge >= 0.3 is 0 Å². The number of rotatable bonds is 1.